The van der Waals surface area contributed by atoms with Gasteiger partial charge in [-0.25, -0.2) is 0 Å². The molecule has 0 bridgehead atoms. The van der Waals surface area contributed by atoms with Crippen molar-refractivity contribution < 1.29 is 9.72 Å². The van der Waals surface area contributed by atoms with Crippen molar-refractivity contribution in [2.45, 2.75) is 18.9 Å². The molecule has 1 aromatic carbocycles. The molecule has 1 aliphatic heterocycles. The van der Waals surface area contributed by atoms with Gasteiger partial charge in [0.1, 0.15) is 5.69 Å². The van der Waals surface area contributed by atoms with E-state index in [9.17, 15) is 14.9 Å². The number of carbonyl (C=O) groups excluding carboxylic acids is 1. The van der Waals surface area contributed by atoms with Gasteiger partial charge in [0.15, 0.2) is 0 Å². The van der Waals surface area contributed by atoms with Crippen molar-refractivity contribution in [1.82, 2.24) is 10.2 Å². The molecule has 2 N–H and O–H groups in total. The molecular weight excluding hydrogens is 272 g/mol. The van der Waals surface area contributed by atoms with Crippen LogP contribution in [-0.2, 0) is 4.79 Å². The maximum atomic E-state index is 12.0. The third kappa shape index (κ3) is 4.24. The summed E-state index contributed by atoms with van der Waals surface area (Å²) in [7, 11) is 1.90. The summed E-state index contributed by atoms with van der Waals surface area (Å²) in [4.78, 5) is 24.4. The Morgan fingerprint density at radius 3 is 2.95 bits per heavy atom. The highest BCUT2D eigenvalue weighted by Gasteiger charge is 2.21. The topological polar surface area (TPSA) is 87.5 Å². The van der Waals surface area contributed by atoms with Crippen molar-refractivity contribution in [3.05, 3.63) is 34.4 Å². The molecule has 1 amide bonds. The number of hydrogen-bond acceptors (Lipinski definition) is 5. The molecule has 0 aliphatic carbocycles. The van der Waals surface area contributed by atoms with E-state index in [0.29, 0.717) is 6.04 Å². The molecule has 0 saturated carbocycles. The van der Waals surface area contributed by atoms with Gasteiger partial charge in [0, 0.05) is 18.7 Å². The minimum absolute atomic E-state index is 0.0900. The number of amides is 1. The quantitative estimate of drug-likeness (QED) is 0.629. The minimum atomic E-state index is -0.496. The number of anilines is 1. The van der Waals surface area contributed by atoms with Crippen LogP contribution in [0.4, 0.5) is 11.4 Å². The second-order valence-electron chi connectivity index (χ2n) is 5.24. The van der Waals surface area contributed by atoms with E-state index < -0.39 is 4.92 Å². The molecule has 2 rings (SSSR count). The van der Waals surface area contributed by atoms with Gasteiger partial charge in [-0.3, -0.25) is 19.8 Å². The molecule has 0 aromatic heterocycles. The smallest absolute Gasteiger partial charge is 0.292 e. The first-order valence-corrected chi connectivity index (χ1v) is 7.02. The van der Waals surface area contributed by atoms with Crippen LogP contribution in [0, 0.1) is 10.1 Å². The van der Waals surface area contributed by atoms with E-state index in [2.05, 4.69) is 10.6 Å². The second kappa shape index (κ2) is 7.14. The Kier molecular flexibility index (Phi) is 5.24. The first-order chi connectivity index (χ1) is 10.1. The van der Waals surface area contributed by atoms with Crippen LogP contribution >= 0.6 is 0 Å². The van der Waals surface area contributed by atoms with Crippen molar-refractivity contribution in [1.29, 1.82) is 0 Å². The number of nitrogens with zero attached hydrogens (tertiary/aromatic N) is 2. The molecule has 1 heterocycles. The van der Waals surface area contributed by atoms with Crippen molar-refractivity contribution in [3.63, 3.8) is 0 Å². The lowest BCUT2D eigenvalue weighted by Crippen LogP contribution is -2.46. The molecule has 0 radical (unpaired) electrons. The van der Waals surface area contributed by atoms with Gasteiger partial charge in [-0.15, -0.1) is 0 Å². The summed E-state index contributed by atoms with van der Waals surface area (Å²) in [5, 5.41) is 16.8. The molecule has 21 heavy (non-hydrogen) atoms. The number of nitro benzene ring substituents is 1. The van der Waals surface area contributed by atoms with Gasteiger partial charge in [0.25, 0.3) is 5.69 Å². The Morgan fingerprint density at radius 1 is 1.52 bits per heavy atom. The lowest BCUT2D eigenvalue weighted by atomic mass is 10.1. The third-order valence-corrected chi connectivity index (χ3v) is 3.66. The zero-order valence-corrected chi connectivity index (χ0v) is 12.0. The summed E-state index contributed by atoms with van der Waals surface area (Å²) in [6.45, 7) is 2.11. The average Bonchev–Trinajstić information content (AvgIpc) is 2.48. The van der Waals surface area contributed by atoms with E-state index >= 15 is 0 Å². The van der Waals surface area contributed by atoms with E-state index in [1.165, 1.54) is 12.1 Å². The Labute approximate surface area is 123 Å². The van der Waals surface area contributed by atoms with Crippen molar-refractivity contribution in [2.75, 3.05) is 32.0 Å². The zero-order valence-electron chi connectivity index (χ0n) is 12.0. The Morgan fingerprint density at radius 2 is 2.29 bits per heavy atom. The molecule has 114 valence electrons. The first-order valence-electron chi connectivity index (χ1n) is 7.02. The van der Waals surface area contributed by atoms with Crippen LogP contribution in [0.1, 0.15) is 12.8 Å². The van der Waals surface area contributed by atoms with Crippen LogP contribution in [0.2, 0.25) is 0 Å². The van der Waals surface area contributed by atoms with Gasteiger partial charge < -0.3 is 10.6 Å². The van der Waals surface area contributed by atoms with E-state index in [1.54, 1.807) is 12.1 Å². The molecule has 7 nitrogen and oxygen atoms in total. The van der Waals surface area contributed by atoms with Crippen molar-refractivity contribution in [3.8, 4) is 0 Å². The fourth-order valence-electron chi connectivity index (χ4n) is 2.49. The lowest BCUT2D eigenvalue weighted by Gasteiger charge is -2.31. The number of para-hydroxylation sites is 2. The van der Waals surface area contributed by atoms with Crippen molar-refractivity contribution in [2.24, 2.45) is 0 Å². The SMILES string of the molecule is CN(CC(=O)Nc1ccccc1[N+](=O)[O-])C1CCCNC1. The number of nitro groups is 1. The molecular formula is C14H20N4O3. The predicted molar refractivity (Wildman–Crippen MR) is 80.2 cm³/mol. The fraction of sp³-hybridized carbons (Fsp3) is 0.500. The first kappa shape index (κ1) is 15.4. The number of piperidine rings is 1. The maximum Gasteiger partial charge on any atom is 0.292 e. The molecule has 1 unspecified atom stereocenters. The average molecular weight is 292 g/mol. The van der Waals surface area contributed by atoms with Gasteiger partial charge in [-0.2, -0.15) is 0 Å². The van der Waals surface area contributed by atoms with E-state index in [0.717, 1.165) is 25.9 Å². The fourth-order valence-corrected chi connectivity index (χ4v) is 2.49. The number of likely N-dealkylation sites (N-methyl/N-ethyl adjacent to an activating group) is 1. The highest BCUT2D eigenvalue weighted by Crippen LogP contribution is 2.23. The summed E-state index contributed by atoms with van der Waals surface area (Å²) < 4.78 is 0. The van der Waals surface area contributed by atoms with Gasteiger partial charge in [-0.05, 0) is 32.5 Å². The van der Waals surface area contributed by atoms with Gasteiger partial charge in [-0.1, -0.05) is 12.1 Å². The van der Waals surface area contributed by atoms with Crippen LogP contribution in [0.5, 0.6) is 0 Å². The minimum Gasteiger partial charge on any atom is -0.319 e. The molecule has 0 spiro atoms. The van der Waals surface area contributed by atoms with Gasteiger partial charge >= 0.3 is 0 Å². The zero-order chi connectivity index (χ0) is 15.2. The van der Waals surface area contributed by atoms with Crippen LogP contribution in [-0.4, -0.2) is 48.5 Å². The summed E-state index contributed by atoms with van der Waals surface area (Å²) in [5.74, 6) is -0.239. The van der Waals surface area contributed by atoms with Gasteiger partial charge in [0.05, 0.1) is 11.5 Å². The molecule has 1 aromatic rings. The normalized spacial score (nSPS) is 18.5. The number of nitrogens with one attached hydrogen (secondary N) is 2. The van der Waals surface area contributed by atoms with Gasteiger partial charge in [0.2, 0.25) is 5.91 Å². The standard InChI is InChI=1S/C14H20N4O3/c1-17(11-5-4-8-15-9-11)10-14(19)16-12-6-2-3-7-13(12)18(20)21/h2-3,6-7,11,15H,4-5,8-10H2,1H3,(H,16,19). The lowest BCUT2D eigenvalue weighted by molar-refractivity contribution is -0.383. The number of carbonyl (C=O) groups is 1. The Bertz CT molecular complexity index is 515. The number of rotatable bonds is 5. The third-order valence-electron chi connectivity index (χ3n) is 3.66. The van der Waals surface area contributed by atoms with Crippen LogP contribution in [0.15, 0.2) is 24.3 Å². The second-order valence-corrected chi connectivity index (χ2v) is 5.24. The molecule has 1 atom stereocenters. The van der Waals surface area contributed by atoms with Crippen LogP contribution in [0.3, 0.4) is 0 Å². The van der Waals surface area contributed by atoms with E-state index in [4.69, 9.17) is 0 Å². The highest BCUT2D eigenvalue weighted by molar-refractivity contribution is 5.94. The molecule has 1 saturated heterocycles. The summed E-state index contributed by atoms with van der Waals surface area (Å²) in [5.41, 5.74) is 0.149. The highest BCUT2D eigenvalue weighted by atomic mass is 16.6. The predicted octanol–water partition coefficient (Wildman–Crippen LogP) is 1.22. The Hall–Kier alpha value is -1.99. The van der Waals surface area contributed by atoms with Crippen molar-refractivity contribution >= 4 is 17.3 Å². The number of hydrogen-bond donors (Lipinski definition) is 2. The molecule has 7 heteroatoms. The van der Waals surface area contributed by atoms with E-state index in [-0.39, 0.29) is 23.8 Å². The van der Waals surface area contributed by atoms with E-state index in [1.807, 2.05) is 11.9 Å². The number of benzene rings is 1. The summed E-state index contributed by atoms with van der Waals surface area (Å²) in [6.07, 6.45) is 2.16. The Balaban J connectivity index is 1.94. The molecule has 1 aliphatic rings. The summed E-state index contributed by atoms with van der Waals surface area (Å²) in [6, 6.07) is 6.49. The largest absolute Gasteiger partial charge is 0.319 e. The molecule has 1 fully saturated rings. The maximum absolute atomic E-state index is 12.0. The monoisotopic (exact) mass is 292 g/mol. The van der Waals surface area contributed by atoms with Crippen LogP contribution < -0.4 is 10.6 Å². The summed E-state index contributed by atoms with van der Waals surface area (Å²) >= 11 is 0. The van der Waals surface area contributed by atoms with Crippen LogP contribution in [0.25, 0.3) is 0 Å².